The molecule has 0 saturated heterocycles. The van der Waals surface area contributed by atoms with E-state index < -0.39 is 65.7 Å². The van der Waals surface area contributed by atoms with Gasteiger partial charge in [-0.05, 0) is 83.5 Å². The quantitative estimate of drug-likeness (QED) is 0.212. The maximum absolute atomic E-state index is 13.8. The fourth-order valence-corrected chi connectivity index (χ4v) is 5.63. The van der Waals surface area contributed by atoms with Crippen molar-refractivity contribution in [3.63, 3.8) is 0 Å². The van der Waals surface area contributed by atoms with E-state index in [0.717, 1.165) is 18.2 Å². The molecular weight excluding hydrogens is 722 g/mol. The smallest absolute Gasteiger partial charge is 0.416 e. The number of carbonyl (C=O) groups is 1. The normalized spacial score (nSPS) is 19.1. The summed E-state index contributed by atoms with van der Waals surface area (Å²) in [7, 11) is 0. The highest BCUT2D eigenvalue weighted by Crippen LogP contribution is 2.45. The van der Waals surface area contributed by atoms with E-state index in [9.17, 15) is 44.3 Å². The minimum absolute atomic E-state index is 0.0102. The summed E-state index contributed by atoms with van der Waals surface area (Å²) in [6.07, 6.45) is -14.7. The Bertz CT molecular complexity index is 1510. The van der Waals surface area contributed by atoms with Crippen molar-refractivity contribution in [2.24, 2.45) is 5.73 Å². The average molecular weight is 746 g/mol. The maximum Gasteiger partial charge on any atom is 0.416 e. The summed E-state index contributed by atoms with van der Waals surface area (Å²) < 4.78 is 127. The van der Waals surface area contributed by atoms with Gasteiger partial charge in [-0.1, -0.05) is 6.92 Å². The molecule has 1 aliphatic heterocycles. The van der Waals surface area contributed by atoms with Crippen LogP contribution in [0.3, 0.4) is 0 Å². The molecule has 0 radical (unpaired) electrons. The fraction of sp³-hybridized carbons (Fsp3) is 0.393. The molecule has 44 heavy (non-hydrogen) atoms. The van der Waals surface area contributed by atoms with Gasteiger partial charge in [0, 0.05) is 18.7 Å². The van der Waals surface area contributed by atoms with Gasteiger partial charge in [0.25, 0.3) is 0 Å². The zero-order valence-electron chi connectivity index (χ0n) is 22.9. The Kier molecular flexibility index (Phi) is 9.45. The summed E-state index contributed by atoms with van der Waals surface area (Å²) in [6, 6.07) is 2.05. The van der Waals surface area contributed by atoms with Gasteiger partial charge >= 0.3 is 24.6 Å². The Morgan fingerprint density at radius 2 is 1.52 bits per heavy atom. The number of rotatable bonds is 5. The van der Waals surface area contributed by atoms with Crippen molar-refractivity contribution in [2.45, 2.75) is 63.2 Å². The van der Waals surface area contributed by atoms with Gasteiger partial charge in [-0.15, -0.1) is 0 Å². The lowest BCUT2D eigenvalue weighted by molar-refractivity contribution is -0.143. The first-order chi connectivity index (χ1) is 20.4. The van der Waals surface area contributed by atoms with Crippen molar-refractivity contribution in [1.29, 1.82) is 0 Å². The molecule has 2 aromatic carbocycles. The first kappa shape index (κ1) is 33.7. The van der Waals surface area contributed by atoms with Gasteiger partial charge < -0.3 is 10.5 Å². The lowest BCUT2D eigenvalue weighted by Gasteiger charge is -2.43. The van der Waals surface area contributed by atoms with Gasteiger partial charge in [-0.2, -0.15) is 39.5 Å². The standard InChI is InChI=1S/C28H24F9IN4O2/c1-3-20-23(39)22(17-11-14(26(29,30)31)5-6-21(17)42(20)25(43)44-4-2)24-40-12-18(38)19(41-24)9-13-7-15(27(32,33)34)10-16(8-13)28(35,36)37/h5-8,10-12,20,22-23H,3-4,9,39H2,1-2H3. The van der Waals surface area contributed by atoms with Gasteiger partial charge in [0.05, 0.1) is 50.2 Å². The van der Waals surface area contributed by atoms with E-state index in [4.69, 9.17) is 10.5 Å². The largest absolute Gasteiger partial charge is 0.449 e. The van der Waals surface area contributed by atoms with E-state index in [-0.39, 0.29) is 51.0 Å². The van der Waals surface area contributed by atoms with Crippen molar-refractivity contribution in [3.8, 4) is 0 Å². The Morgan fingerprint density at radius 3 is 2.05 bits per heavy atom. The average Bonchev–Trinajstić information content (AvgIpc) is 2.92. The number of fused-ring (bicyclic) bond motifs is 1. The van der Waals surface area contributed by atoms with Crippen molar-refractivity contribution in [2.75, 3.05) is 11.5 Å². The number of amides is 1. The minimum atomic E-state index is -5.06. The molecule has 3 aromatic rings. The molecule has 238 valence electrons. The van der Waals surface area contributed by atoms with Crippen LogP contribution in [-0.4, -0.2) is 34.8 Å². The number of hydrogen-bond donors (Lipinski definition) is 1. The summed E-state index contributed by atoms with van der Waals surface area (Å²) in [5.74, 6) is -1.25. The predicted molar refractivity (Wildman–Crippen MR) is 149 cm³/mol. The summed E-state index contributed by atoms with van der Waals surface area (Å²) in [5, 5.41) is 0. The molecular formula is C28H24F9IN4O2. The van der Waals surface area contributed by atoms with E-state index in [1.54, 1.807) is 36.4 Å². The van der Waals surface area contributed by atoms with Gasteiger partial charge in [0.1, 0.15) is 5.82 Å². The van der Waals surface area contributed by atoms with Crippen LogP contribution in [0.4, 0.5) is 50.0 Å². The molecule has 1 aliphatic rings. The molecule has 1 aromatic heterocycles. The number of anilines is 1. The lowest BCUT2D eigenvalue weighted by Crippen LogP contribution is -2.57. The number of halogens is 10. The number of alkyl halides is 9. The fourth-order valence-electron chi connectivity index (χ4n) is 5.18. The number of nitrogens with two attached hydrogens (primary N) is 1. The zero-order valence-corrected chi connectivity index (χ0v) is 25.1. The summed E-state index contributed by atoms with van der Waals surface area (Å²) in [5.41, 5.74) is 2.25. The highest BCUT2D eigenvalue weighted by Gasteiger charge is 2.45. The van der Waals surface area contributed by atoms with Crippen LogP contribution in [0.25, 0.3) is 0 Å². The van der Waals surface area contributed by atoms with E-state index in [1.165, 1.54) is 11.1 Å². The number of hydrogen-bond acceptors (Lipinski definition) is 5. The third-order valence-electron chi connectivity index (χ3n) is 7.13. The van der Waals surface area contributed by atoms with Crippen molar-refractivity contribution in [1.82, 2.24) is 9.97 Å². The lowest BCUT2D eigenvalue weighted by atomic mass is 9.79. The van der Waals surface area contributed by atoms with Crippen LogP contribution in [0.5, 0.6) is 0 Å². The van der Waals surface area contributed by atoms with Crippen LogP contribution in [0.1, 0.15) is 65.5 Å². The molecule has 0 fully saturated rings. The maximum atomic E-state index is 13.8. The second-order valence-corrected chi connectivity index (χ2v) is 11.1. The van der Waals surface area contributed by atoms with Crippen LogP contribution < -0.4 is 10.6 Å². The number of benzene rings is 2. The van der Waals surface area contributed by atoms with Gasteiger partial charge in [0.2, 0.25) is 0 Å². The van der Waals surface area contributed by atoms with E-state index in [0.29, 0.717) is 12.1 Å². The van der Waals surface area contributed by atoms with E-state index in [1.807, 2.05) is 0 Å². The first-order valence-corrected chi connectivity index (χ1v) is 14.2. The number of nitrogens with zero attached hydrogens (tertiary/aromatic N) is 3. The second kappa shape index (κ2) is 12.3. The molecule has 3 atom stereocenters. The molecule has 6 nitrogen and oxygen atoms in total. The summed E-state index contributed by atoms with van der Waals surface area (Å²) in [4.78, 5) is 22.8. The van der Waals surface area contributed by atoms with E-state index in [2.05, 4.69) is 9.97 Å². The monoisotopic (exact) mass is 746 g/mol. The molecule has 0 saturated carbocycles. The van der Waals surface area contributed by atoms with Gasteiger partial charge in [-0.3, -0.25) is 4.90 Å². The second-order valence-electron chi connectivity index (χ2n) is 9.98. The Morgan fingerprint density at radius 1 is 0.932 bits per heavy atom. The molecule has 3 unspecified atom stereocenters. The molecule has 2 N–H and O–H groups in total. The topological polar surface area (TPSA) is 81.3 Å². The molecule has 0 aliphatic carbocycles. The van der Waals surface area contributed by atoms with Crippen LogP contribution in [0.2, 0.25) is 0 Å². The van der Waals surface area contributed by atoms with Gasteiger partial charge in [0.15, 0.2) is 0 Å². The van der Waals surface area contributed by atoms with Crippen molar-refractivity contribution >= 4 is 34.4 Å². The van der Waals surface area contributed by atoms with Crippen molar-refractivity contribution < 1.29 is 49.0 Å². The number of carbonyl (C=O) groups excluding carboxylic acids is 1. The first-order valence-electron chi connectivity index (χ1n) is 13.1. The molecule has 4 rings (SSSR count). The van der Waals surface area contributed by atoms with Crippen LogP contribution in [0.15, 0.2) is 42.6 Å². The highest BCUT2D eigenvalue weighted by atomic mass is 127. The van der Waals surface area contributed by atoms with E-state index >= 15 is 0 Å². The molecule has 1 amide bonds. The molecule has 0 spiro atoms. The number of aromatic nitrogens is 2. The Balaban J connectivity index is 1.87. The SMILES string of the molecule is CCOC(=O)N1c2ccc(C(F)(F)F)cc2C(c2ncc(I)c(Cc3cc(C(F)(F)F)cc(C(F)(F)F)c3)n2)C(N)C1CC. The Labute approximate surface area is 258 Å². The summed E-state index contributed by atoms with van der Waals surface area (Å²) in [6.45, 7) is 3.24. The summed E-state index contributed by atoms with van der Waals surface area (Å²) >= 11 is 1.76. The van der Waals surface area contributed by atoms with Crippen LogP contribution in [-0.2, 0) is 29.7 Å². The van der Waals surface area contributed by atoms with Crippen LogP contribution in [0, 0.1) is 3.57 Å². The van der Waals surface area contributed by atoms with Crippen molar-refractivity contribution in [3.05, 3.63) is 85.5 Å². The molecule has 16 heteroatoms. The third kappa shape index (κ3) is 6.89. The molecule has 0 bridgehead atoms. The minimum Gasteiger partial charge on any atom is -0.449 e. The predicted octanol–water partition coefficient (Wildman–Crippen LogP) is 7.94. The highest BCUT2D eigenvalue weighted by molar-refractivity contribution is 14.1. The Hall–Kier alpha value is -3.15. The molecule has 2 heterocycles. The zero-order chi connectivity index (χ0) is 32.8. The number of ether oxygens (including phenoxy) is 1. The van der Waals surface area contributed by atoms with Gasteiger partial charge in [-0.25, -0.2) is 14.8 Å². The third-order valence-corrected chi connectivity index (χ3v) is 8.03. The van der Waals surface area contributed by atoms with Crippen LogP contribution >= 0.6 is 22.6 Å².